The molecule has 1 fully saturated rings. The highest BCUT2D eigenvalue weighted by Crippen LogP contribution is 2.37. The van der Waals surface area contributed by atoms with E-state index >= 15 is 0 Å². The highest BCUT2D eigenvalue weighted by atomic mass is 16.6. The molecule has 116 valence electrons. The number of aromatic nitrogens is 1. The van der Waals surface area contributed by atoms with Crippen LogP contribution in [-0.4, -0.2) is 34.7 Å². The number of hydrogen-bond donors (Lipinski definition) is 0. The summed E-state index contributed by atoms with van der Waals surface area (Å²) in [5, 5.41) is 0. The topological polar surface area (TPSA) is 42.4 Å². The van der Waals surface area contributed by atoms with Gasteiger partial charge in [-0.25, -0.2) is 4.79 Å². The highest BCUT2D eigenvalue weighted by molar-refractivity contribution is 5.68. The first-order valence-corrected chi connectivity index (χ1v) is 7.76. The maximum Gasteiger partial charge on any atom is 0.410 e. The molecule has 1 aliphatic rings. The molecule has 1 aromatic heterocycles. The van der Waals surface area contributed by atoms with Gasteiger partial charge in [-0.2, -0.15) is 0 Å². The van der Waals surface area contributed by atoms with Crippen molar-refractivity contribution < 1.29 is 9.53 Å². The number of hydrogen-bond acceptors (Lipinski definition) is 3. The van der Waals surface area contributed by atoms with Gasteiger partial charge in [0.25, 0.3) is 0 Å². The van der Waals surface area contributed by atoms with Crippen molar-refractivity contribution >= 4 is 6.09 Å². The lowest BCUT2D eigenvalue weighted by atomic mass is 9.73. The predicted octanol–water partition coefficient (Wildman–Crippen LogP) is 3.76. The lowest BCUT2D eigenvalue weighted by Gasteiger charge is -2.41. The van der Waals surface area contributed by atoms with Crippen LogP contribution in [0, 0.1) is 0 Å². The zero-order chi connectivity index (χ0) is 15.5. The van der Waals surface area contributed by atoms with Gasteiger partial charge in [0, 0.05) is 30.4 Å². The molecule has 1 aromatic rings. The third-order valence-corrected chi connectivity index (χ3v) is 4.26. The van der Waals surface area contributed by atoms with Crippen molar-refractivity contribution in [1.29, 1.82) is 0 Å². The van der Waals surface area contributed by atoms with Gasteiger partial charge in [0.1, 0.15) is 5.60 Å². The number of piperidine rings is 1. The summed E-state index contributed by atoms with van der Waals surface area (Å²) < 4.78 is 5.46. The molecule has 1 saturated heterocycles. The van der Waals surface area contributed by atoms with Gasteiger partial charge in [-0.05, 0) is 52.2 Å². The van der Waals surface area contributed by atoms with Crippen LogP contribution in [0.15, 0.2) is 24.4 Å². The molecule has 4 nitrogen and oxygen atoms in total. The Bertz CT molecular complexity index is 471. The molecule has 0 aliphatic carbocycles. The normalized spacial score (nSPS) is 18.4. The number of pyridine rings is 1. The average molecular weight is 290 g/mol. The zero-order valence-electron chi connectivity index (χ0n) is 13.6. The summed E-state index contributed by atoms with van der Waals surface area (Å²) in [6.07, 6.45) is 4.59. The van der Waals surface area contributed by atoms with Gasteiger partial charge >= 0.3 is 6.09 Å². The number of nitrogens with zero attached hydrogens (tertiary/aromatic N) is 2. The van der Waals surface area contributed by atoms with E-state index in [4.69, 9.17) is 4.74 Å². The van der Waals surface area contributed by atoms with Crippen LogP contribution < -0.4 is 0 Å². The lowest BCUT2D eigenvalue weighted by molar-refractivity contribution is 0.0159. The first kappa shape index (κ1) is 15.8. The van der Waals surface area contributed by atoms with Crippen LogP contribution in [0.5, 0.6) is 0 Å². The van der Waals surface area contributed by atoms with Crippen LogP contribution in [0.4, 0.5) is 4.79 Å². The van der Waals surface area contributed by atoms with E-state index in [0.29, 0.717) is 0 Å². The third kappa shape index (κ3) is 3.74. The SMILES string of the molecule is CCC1(c2ccccn2)CCN(C(=O)OC(C)(C)C)CC1. The van der Waals surface area contributed by atoms with Gasteiger partial charge in [0.15, 0.2) is 0 Å². The van der Waals surface area contributed by atoms with Crippen molar-refractivity contribution in [1.82, 2.24) is 9.88 Å². The first-order chi connectivity index (χ1) is 9.86. The maximum atomic E-state index is 12.1. The smallest absolute Gasteiger partial charge is 0.410 e. The molecular formula is C17H26N2O2. The second-order valence-corrected chi connectivity index (χ2v) is 6.82. The molecule has 1 amide bonds. The molecule has 0 radical (unpaired) electrons. The molecule has 0 bridgehead atoms. The summed E-state index contributed by atoms with van der Waals surface area (Å²) in [6, 6.07) is 6.09. The molecule has 0 spiro atoms. The van der Waals surface area contributed by atoms with Crippen LogP contribution in [0.25, 0.3) is 0 Å². The molecule has 1 aliphatic heterocycles. The van der Waals surface area contributed by atoms with Gasteiger partial charge in [-0.1, -0.05) is 13.0 Å². The van der Waals surface area contributed by atoms with Crippen LogP contribution in [-0.2, 0) is 10.2 Å². The molecule has 0 atom stereocenters. The third-order valence-electron chi connectivity index (χ3n) is 4.26. The van der Waals surface area contributed by atoms with Crippen LogP contribution >= 0.6 is 0 Å². The number of carbonyl (C=O) groups excluding carboxylic acids is 1. The fourth-order valence-corrected chi connectivity index (χ4v) is 2.91. The van der Waals surface area contributed by atoms with E-state index in [0.717, 1.165) is 38.0 Å². The van der Waals surface area contributed by atoms with Gasteiger partial charge in [0.2, 0.25) is 0 Å². The maximum absolute atomic E-state index is 12.1. The molecular weight excluding hydrogens is 264 g/mol. The van der Waals surface area contributed by atoms with E-state index in [1.165, 1.54) is 0 Å². The van der Waals surface area contributed by atoms with Crippen molar-refractivity contribution in [3.63, 3.8) is 0 Å². The minimum absolute atomic E-state index is 0.0970. The van der Waals surface area contributed by atoms with E-state index in [2.05, 4.69) is 18.0 Å². The summed E-state index contributed by atoms with van der Waals surface area (Å²) in [7, 11) is 0. The Labute approximate surface area is 127 Å². The number of ether oxygens (including phenoxy) is 1. The Morgan fingerprint density at radius 1 is 1.33 bits per heavy atom. The Hall–Kier alpha value is -1.58. The molecule has 2 heterocycles. The number of amides is 1. The molecule has 2 rings (SSSR count). The Morgan fingerprint density at radius 2 is 2.00 bits per heavy atom. The molecule has 21 heavy (non-hydrogen) atoms. The fourth-order valence-electron chi connectivity index (χ4n) is 2.91. The van der Waals surface area contributed by atoms with Crippen molar-refractivity contribution in [2.24, 2.45) is 0 Å². The van der Waals surface area contributed by atoms with Crippen molar-refractivity contribution in [2.75, 3.05) is 13.1 Å². The summed E-state index contributed by atoms with van der Waals surface area (Å²) in [4.78, 5) is 18.5. The summed E-state index contributed by atoms with van der Waals surface area (Å²) in [5.74, 6) is 0. The average Bonchev–Trinajstić information content (AvgIpc) is 2.46. The van der Waals surface area contributed by atoms with E-state index in [1.807, 2.05) is 44.0 Å². The summed E-state index contributed by atoms with van der Waals surface area (Å²) in [5.41, 5.74) is 0.813. The van der Waals surface area contributed by atoms with Crippen LogP contribution in [0.1, 0.15) is 52.7 Å². The minimum atomic E-state index is -0.433. The number of carbonyl (C=O) groups is 1. The second kappa shape index (κ2) is 6.04. The Balaban J connectivity index is 2.03. The van der Waals surface area contributed by atoms with Gasteiger partial charge < -0.3 is 9.64 Å². The highest BCUT2D eigenvalue weighted by Gasteiger charge is 2.37. The van der Waals surface area contributed by atoms with E-state index in [9.17, 15) is 4.79 Å². The zero-order valence-corrected chi connectivity index (χ0v) is 13.6. The fraction of sp³-hybridized carbons (Fsp3) is 0.647. The summed E-state index contributed by atoms with van der Waals surface area (Å²) in [6.45, 7) is 9.38. The van der Waals surface area contributed by atoms with Crippen LogP contribution in [0.2, 0.25) is 0 Å². The first-order valence-electron chi connectivity index (χ1n) is 7.76. The Kier molecular flexibility index (Phi) is 4.55. The molecule has 4 heteroatoms. The quantitative estimate of drug-likeness (QED) is 0.833. The van der Waals surface area contributed by atoms with Gasteiger partial charge in [-0.3, -0.25) is 4.98 Å². The van der Waals surface area contributed by atoms with E-state index < -0.39 is 5.60 Å². The molecule has 0 N–H and O–H groups in total. The summed E-state index contributed by atoms with van der Waals surface area (Å²) >= 11 is 0. The van der Waals surface area contributed by atoms with E-state index in [-0.39, 0.29) is 11.5 Å². The standard InChI is InChI=1S/C17H26N2O2/c1-5-17(14-8-6-7-11-18-14)9-12-19(13-10-17)15(20)21-16(2,3)4/h6-8,11H,5,9-10,12-13H2,1-4H3. The van der Waals surface area contributed by atoms with Crippen molar-refractivity contribution in [3.05, 3.63) is 30.1 Å². The van der Waals surface area contributed by atoms with Crippen LogP contribution in [0.3, 0.4) is 0 Å². The lowest BCUT2D eigenvalue weighted by Crippen LogP contribution is -2.46. The number of rotatable bonds is 2. The predicted molar refractivity (Wildman–Crippen MR) is 83.2 cm³/mol. The minimum Gasteiger partial charge on any atom is -0.444 e. The second-order valence-electron chi connectivity index (χ2n) is 6.82. The Morgan fingerprint density at radius 3 is 2.48 bits per heavy atom. The van der Waals surface area contributed by atoms with Crippen molar-refractivity contribution in [3.8, 4) is 0 Å². The van der Waals surface area contributed by atoms with Crippen molar-refractivity contribution in [2.45, 2.75) is 58.0 Å². The molecule has 0 aromatic carbocycles. The van der Waals surface area contributed by atoms with E-state index in [1.54, 1.807) is 0 Å². The molecule has 0 saturated carbocycles. The largest absolute Gasteiger partial charge is 0.444 e. The number of likely N-dealkylation sites (tertiary alicyclic amines) is 1. The van der Waals surface area contributed by atoms with Gasteiger partial charge in [0.05, 0.1) is 0 Å². The van der Waals surface area contributed by atoms with Gasteiger partial charge in [-0.15, -0.1) is 0 Å². The molecule has 0 unspecified atom stereocenters. The monoisotopic (exact) mass is 290 g/mol.